The minimum absolute atomic E-state index is 0.0478. The van der Waals surface area contributed by atoms with Crippen molar-refractivity contribution >= 4 is 37.3 Å². The highest BCUT2D eigenvalue weighted by Crippen LogP contribution is 2.34. The largest absolute Gasteiger partial charge is 0.337 e. The highest BCUT2D eigenvalue weighted by Gasteiger charge is 2.34. The molecule has 2 aromatic rings. The van der Waals surface area contributed by atoms with Crippen molar-refractivity contribution in [3.63, 3.8) is 0 Å². The smallest absolute Gasteiger partial charge is 0.264 e. The molecule has 2 aromatic heterocycles. The average molecular weight is 396 g/mol. The van der Waals surface area contributed by atoms with E-state index in [0.29, 0.717) is 11.3 Å². The molecule has 1 amide bonds. The van der Waals surface area contributed by atoms with Crippen LogP contribution in [0.4, 0.5) is 0 Å². The van der Waals surface area contributed by atoms with Crippen LogP contribution in [0.1, 0.15) is 53.9 Å². The Morgan fingerprint density at radius 3 is 2.42 bits per heavy atom. The van der Waals surface area contributed by atoms with E-state index in [1.54, 1.807) is 11.9 Å². The lowest BCUT2D eigenvalue weighted by atomic mass is 9.95. The van der Waals surface area contributed by atoms with Gasteiger partial charge in [0, 0.05) is 23.9 Å². The fraction of sp³-hybridized carbons (Fsp3) is 0.611. The van der Waals surface area contributed by atoms with Crippen LogP contribution < -0.4 is 0 Å². The van der Waals surface area contributed by atoms with Crippen LogP contribution in [0.25, 0.3) is 10.2 Å². The fourth-order valence-electron chi connectivity index (χ4n) is 3.29. The normalized spacial score (nSPS) is 19.8. The molecule has 0 N–H and O–H groups in total. The molecule has 8 heteroatoms. The third-order valence-electron chi connectivity index (χ3n) is 4.91. The number of sulfone groups is 1. The second-order valence-corrected chi connectivity index (χ2v) is 11.3. The summed E-state index contributed by atoms with van der Waals surface area (Å²) in [6.45, 7) is 10.1. The number of thiophene rings is 1. The molecule has 1 atom stereocenters. The molecule has 1 saturated heterocycles. The van der Waals surface area contributed by atoms with E-state index in [4.69, 9.17) is 4.98 Å². The molecule has 0 bridgehead atoms. The Kier molecular flexibility index (Phi) is 4.63. The summed E-state index contributed by atoms with van der Waals surface area (Å²) in [6.07, 6.45) is 0.502. The van der Waals surface area contributed by atoms with Gasteiger partial charge in [-0.1, -0.05) is 20.8 Å². The molecule has 1 aliphatic heterocycles. The Bertz CT molecular complexity index is 987. The van der Waals surface area contributed by atoms with Crippen molar-refractivity contribution in [3.05, 3.63) is 22.0 Å². The molecule has 1 fully saturated rings. The number of carbonyl (C=O) groups excluding carboxylic acids is 1. The maximum atomic E-state index is 13.0. The summed E-state index contributed by atoms with van der Waals surface area (Å²) in [5, 5.41) is 0.929. The standard InChI is InChI=1S/C18H25N3O3S2/c1-10-13-11(2)19-17(18(3,4)5)20-15(13)25-14(10)16(22)21(6)12-7-8-26(23,24)9-12/h12H,7-9H2,1-6H3/t12-/m1/s1. The van der Waals surface area contributed by atoms with Gasteiger partial charge in [0.2, 0.25) is 0 Å². The van der Waals surface area contributed by atoms with E-state index in [0.717, 1.165) is 27.3 Å². The van der Waals surface area contributed by atoms with Gasteiger partial charge in [0.15, 0.2) is 9.84 Å². The summed E-state index contributed by atoms with van der Waals surface area (Å²) in [4.78, 5) is 25.4. The van der Waals surface area contributed by atoms with Gasteiger partial charge < -0.3 is 4.90 Å². The van der Waals surface area contributed by atoms with Gasteiger partial charge in [-0.25, -0.2) is 18.4 Å². The second kappa shape index (κ2) is 6.27. The van der Waals surface area contributed by atoms with Crippen LogP contribution in [-0.2, 0) is 15.3 Å². The Hall–Kier alpha value is -1.54. The summed E-state index contributed by atoms with van der Waals surface area (Å²) in [5.41, 5.74) is 1.58. The van der Waals surface area contributed by atoms with Gasteiger partial charge in [0.05, 0.1) is 22.1 Å². The third kappa shape index (κ3) is 3.36. The van der Waals surface area contributed by atoms with Crippen molar-refractivity contribution in [2.24, 2.45) is 0 Å². The predicted octanol–water partition coefficient (Wildman–Crippen LogP) is 2.86. The van der Waals surface area contributed by atoms with E-state index < -0.39 is 9.84 Å². The molecular formula is C18H25N3O3S2. The number of hydrogen-bond acceptors (Lipinski definition) is 6. The molecule has 1 aliphatic rings. The van der Waals surface area contributed by atoms with Crippen molar-refractivity contribution in [2.45, 2.75) is 52.5 Å². The number of carbonyl (C=O) groups is 1. The summed E-state index contributed by atoms with van der Waals surface area (Å²) in [6, 6.07) is -0.255. The van der Waals surface area contributed by atoms with E-state index >= 15 is 0 Å². The second-order valence-electron chi connectivity index (χ2n) is 8.09. The molecule has 6 nitrogen and oxygen atoms in total. The van der Waals surface area contributed by atoms with Gasteiger partial charge in [-0.3, -0.25) is 4.79 Å². The number of amides is 1. The molecule has 0 radical (unpaired) electrons. The number of aromatic nitrogens is 2. The minimum atomic E-state index is -3.03. The SMILES string of the molecule is Cc1nc(C(C)(C)C)nc2sc(C(=O)N(C)[C@@H]3CCS(=O)(=O)C3)c(C)c12. The maximum absolute atomic E-state index is 13.0. The number of aryl methyl sites for hydroxylation is 2. The number of hydrogen-bond donors (Lipinski definition) is 0. The van der Waals surface area contributed by atoms with E-state index in [1.165, 1.54) is 11.3 Å². The average Bonchev–Trinajstić information content (AvgIpc) is 3.05. The van der Waals surface area contributed by atoms with Crippen molar-refractivity contribution < 1.29 is 13.2 Å². The third-order valence-corrected chi connectivity index (χ3v) is 7.84. The number of fused-ring (bicyclic) bond motifs is 1. The first-order chi connectivity index (χ1) is 11.9. The van der Waals surface area contributed by atoms with Crippen molar-refractivity contribution in [1.29, 1.82) is 0 Å². The monoisotopic (exact) mass is 395 g/mol. The van der Waals surface area contributed by atoms with Gasteiger partial charge in [0.25, 0.3) is 5.91 Å². The molecule has 0 unspecified atom stereocenters. The summed E-state index contributed by atoms with van der Waals surface area (Å²) < 4.78 is 23.5. The lowest BCUT2D eigenvalue weighted by molar-refractivity contribution is 0.0752. The van der Waals surface area contributed by atoms with Crippen molar-refractivity contribution in [1.82, 2.24) is 14.9 Å². The highest BCUT2D eigenvalue weighted by molar-refractivity contribution is 7.91. The molecule has 0 aromatic carbocycles. The van der Waals surface area contributed by atoms with Gasteiger partial charge in [-0.15, -0.1) is 11.3 Å². The summed E-state index contributed by atoms with van der Waals surface area (Å²) in [7, 11) is -1.34. The van der Waals surface area contributed by atoms with E-state index in [2.05, 4.69) is 25.8 Å². The molecule has 0 saturated carbocycles. The number of nitrogens with zero attached hydrogens (tertiary/aromatic N) is 3. The molecule has 0 spiro atoms. The van der Waals surface area contributed by atoms with Crippen LogP contribution in [0.2, 0.25) is 0 Å². The Labute approximate surface area is 158 Å². The van der Waals surface area contributed by atoms with E-state index in [9.17, 15) is 13.2 Å². The van der Waals surface area contributed by atoms with E-state index in [-0.39, 0.29) is 28.9 Å². The van der Waals surface area contributed by atoms with Gasteiger partial charge >= 0.3 is 0 Å². The quantitative estimate of drug-likeness (QED) is 0.781. The van der Waals surface area contributed by atoms with E-state index in [1.807, 2.05) is 13.8 Å². The maximum Gasteiger partial charge on any atom is 0.264 e. The Balaban J connectivity index is 2.01. The van der Waals surface area contributed by atoms with Gasteiger partial charge in [-0.2, -0.15) is 0 Å². The van der Waals surface area contributed by atoms with Gasteiger partial charge in [-0.05, 0) is 25.8 Å². The molecule has 3 heterocycles. The van der Waals surface area contributed by atoms with Crippen LogP contribution in [0, 0.1) is 13.8 Å². The molecule has 26 heavy (non-hydrogen) atoms. The predicted molar refractivity (Wildman–Crippen MR) is 105 cm³/mol. The van der Waals surface area contributed by atoms with Crippen LogP contribution in [0.15, 0.2) is 0 Å². The minimum Gasteiger partial charge on any atom is -0.337 e. The topological polar surface area (TPSA) is 80.2 Å². The van der Waals surface area contributed by atoms with Crippen LogP contribution in [-0.4, -0.2) is 53.8 Å². The first kappa shape index (κ1) is 19.2. The van der Waals surface area contributed by atoms with Crippen LogP contribution in [0.5, 0.6) is 0 Å². The number of rotatable bonds is 2. The molecule has 3 rings (SSSR count). The lowest BCUT2D eigenvalue weighted by Gasteiger charge is -2.23. The zero-order valence-electron chi connectivity index (χ0n) is 16.1. The zero-order chi connectivity index (χ0) is 19.4. The van der Waals surface area contributed by atoms with Crippen LogP contribution >= 0.6 is 11.3 Å². The molecule has 0 aliphatic carbocycles. The Morgan fingerprint density at radius 2 is 1.88 bits per heavy atom. The van der Waals surface area contributed by atoms with Gasteiger partial charge in [0.1, 0.15) is 10.7 Å². The summed E-state index contributed by atoms with van der Waals surface area (Å²) in [5.74, 6) is 0.828. The van der Waals surface area contributed by atoms with Crippen molar-refractivity contribution in [3.8, 4) is 0 Å². The first-order valence-electron chi connectivity index (χ1n) is 8.66. The Morgan fingerprint density at radius 1 is 1.23 bits per heavy atom. The fourth-order valence-corrected chi connectivity index (χ4v) is 6.27. The lowest BCUT2D eigenvalue weighted by Crippen LogP contribution is -2.37. The molecular weight excluding hydrogens is 370 g/mol. The zero-order valence-corrected chi connectivity index (χ0v) is 17.7. The first-order valence-corrected chi connectivity index (χ1v) is 11.3. The molecule has 142 valence electrons. The highest BCUT2D eigenvalue weighted by atomic mass is 32.2. The van der Waals surface area contributed by atoms with Crippen LogP contribution in [0.3, 0.4) is 0 Å². The summed E-state index contributed by atoms with van der Waals surface area (Å²) >= 11 is 1.37. The van der Waals surface area contributed by atoms with Crippen molar-refractivity contribution in [2.75, 3.05) is 18.6 Å².